The van der Waals surface area contributed by atoms with E-state index >= 15 is 0 Å². The van der Waals surface area contributed by atoms with Crippen LogP contribution in [-0.2, 0) is 4.79 Å². The van der Waals surface area contributed by atoms with Gasteiger partial charge in [0.15, 0.2) is 5.78 Å². The fraction of sp³-hybridized carbons (Fsp3) is 0.259. The quantitative estimate of drug-likeness (QED) is 0.464. The molecule has 2 aliphatic rings. The third-order valence-corrected chi connectivity index (χ3v) is 7.54. The number of rotatable bonds is 5. The number of ketones is 1. The molecule has 5 rings (SSSR count). The van der Waals surface area contributed by atoms with E-state index < -0.39 is 5.82 Å². The van der Waals surface area contributed by atoms with Gasteiger partial charge in [0.25, 0.3) is 0 Å². The van der Waals surface area contributed by atoms with E-state index in [2.05, 4.69) is 29.2 Å². The Balaban J connectivity index is 1.22. The second-order valence-corrected chi connectivity index (χ2v) is 9.61. The molecule has 5 nitrogen and oxygen atoms in total. The number of nitrogens with zero attached hydrogens (tertiary/aromatic N) is 3. The highest BCUT2D eigenvalue weighted by molar-refractivity contribution is 7.99. The predicted molar refractivity (Wildman–Crippen MR) is 134 cm³/mol. The molecule has 0 N–H and O–H groups in total. The van der Waals surface area contributed by atoms with Gasteiger partial charge in [-0.25, -0.2) is 4.39 Å². The van der Waals surface area contributed by atoms with Crippen LogP contribution in [0.4, 0.5) is 21.5 Å². The van der Waals surface area contributed by atoms with E-state index in [-0.39, 0.29) is 11.7 Å². The van der Waals surface area contributed by atoms with Crippen LogP contribution in [0.25, 0.3) is 0 Å². The lowest BCUT2D eigenvalue weighted by molar-refractivity contribution is -0.131. The summed E-state index contributed by atoms with van der Waals surface area (Å²) in [5.41, 5.74) is 3.12. The Morgan fingerprint density at radius 3 is 2.06 bits per heavy atom. The highest BCUT2D eigenvalue weighted by Crippen LogP contribution is 2.47. The van der Waals surface area contributed by atoms with Crippen LogP contribution in [0.3, 0.4) is 0 Å². The molecular formula is C27H26FN3O2S. The number of carbonyl (C=O) groups is 2. The zero-order valence-corrected chi connectivity index (χ0v) is 19.9. The van der Waals surface area contributed by atoms with Gasteiger partial charge in [-0.15, -0.1) is 0 Å². The van der Waals surface area contributed by atoms with E-state index in [0.29, 0.717) is 50.4 Å². The number of carbonyl (C=O) groups excluding carboxylic acids is 2. The Bertz CT molecular complexity index is 1190. The number of para-hydroxylation sites is 2. The fourth-order valence-electron chi connectivity index (χ4n) is 4.57. The lowest BCUT2D eigenvalue weighted by Gasteiger charge is -2.37. The van der Waals surface area contributed by atoms with Gasteiger partial charge >= 0.3 is 0 Å². The molecule has 0 spiro atoms. The van der Waals surface area contributed by atoms with Gasteiger partial charge in [-0.1, -0.05) is 36.0 Å². The maximum Gasteiger partial charge on any atom is 0.224 e. The Labute approximate surface area is 203 Å². The minimum absolute atomic E-state index is 0.111. The smallest absolute Gasteiger partial charge is 0.224 e. The summed E-state index contributed by atoms with van der Waals surface area (Å²) >= 11 is 1.76. The average molecular weight is 476 g/mol. The lowest BCUT2D eigenvalue weighted by Crippen LogP contribution is -2.49. The van der Waals surface area contributed by atoms with Crippen LogP contribution >= 0.6 is 11.8 Å². The molecule has 7 heteroatoms. The Hall–Kier alpha value is -3.32. The monoisotopic (exact) mass is 475 g/mol. The van der Waals surface area contributed by atoms with E-state index in [0.717, 1.165) is 11.4 Å². The number of hydrogen-bond donors (Lipinski definition) is 0. The molecule has 3 aromatic rings. The molecule has 3 aromatic carbocycles. The largest absolute Gasteiger partial charge is 0.366 e. The summed E-state index contributed by atoms with van der Waals surface area (Å²) in [6.07, 6.45) is 0.412. The van der Waals surface area contributed by atoms with Crippen molar-refractivity contribution in [2.45, 2.75) is 23.1 Å². The average Bonchev–Trinajstić information content (AvgIpc) is 2.86. The summed E-state index contributed by atoms with van der Waals surface area (Å²) < 4.78 is 14.5. The molecule has 0 aliphatic carbocycles. The number of benzene rings is 3. The van der Waals surface area contributed by atoms with Gasteiger partial charge in [-0.2, -0.15) is 0 Å². The number of fused-ring (bicyclic) bond motifs is 2. The highest BCUT2D eigenvalue weighted by Gasteiger charge is 2.26. The summed E-state index contributed by atoms with van der Waals surface area (Å²) in [5, 5.41) is 0. The second-order valence-electron chi connectivity index (χ2n) is 8.53. The molecule has 1 fully saturated rings. The van der Waals surface area contributed by atoms with Crippen molar-refractivity contribution in [3.8, 4) is 0 Å². The summed E-state index contributed by atoms with van der Waals surface area (Å²) in [5.74, 6) is -0.438. The first-order chi connectivity index (χ1) is 16.5. The van der Waals surface area contributed by atoms with Crippen LogP contribution in [0, 0.1) is 5.82 Å². The molecule has 0 radical (unpaired) electrons. The van der Waals surface area contributed by atoms with Crippen molar-refractivity contribution in [2.24, 2.45) is 0 Å². The van der Waals surface area contributed by atoms with E-state index in [1.54, 1.807) is 23.9 Å². The number of hydrogen-bond acceptors (Lipinski definition) is 5. The minimum atomic E-state index is -0.396. The third-order valence-electron chi connectivity index (χ3n) is 6.41. The lowest BCUT2D eigenvalue weighted by atomic mass is 10.1. The molecule has 0 unspecified atom stereocenters. The maximum absolute atomic E-state index is 14.5. The molecule has 174 valence electrons. The van der Waals surface area contributed by atoms with Crippen molar-refractivity contribution >= 4 is 40.5 Å². The molecule has 34 heavy (non-hydrogen) atoms. The van der Waals surface area contributed by atoms with Crippen LogP contribution in [0.5, 0.6) is 0 Å². The number of Topliss-reactive ketones (excluding diaryl/α,β-unsaturated/α-hetero) is 1. The van der Waals surface area contributed by atoms with Crippen LogP contribution in [0.15, 0.2) is 76.5 Å². The number of halogens is 1. The summed E-state index contributed by atoms with van der Waals surface area (Å²) in [7, 11) is 0. The number of amides is 1. The maximum atomic E-state index is 14.5. The van der Waals surface area contributed by atoms with E-state index in [9.17, 15) is 14.0 Å². The van der Waals surface area contributed by atoms with Gasteiger partial charge in [0.1, 0.15) is 5.82 Å². The van der Waals surface area contributed by atoms with Gasteiger partial charge in [0.2, 0.25) is 5.91 Å². The van der Waals surface area contributed by atoms with Crippen molar-refractivity contribution < 1.29 is 14.0 Å². The Kier molecular flexibility index (Phi) is 6.28. The predicted octanol–water partition coefficient (Wildman–Crippen LogP) is 5.37. The zero-order valence-electron chi connectivity index (χ0n) is 19.0. The van der Waals surface area contributed by atoms with Crippen molar-refractivity contribution in [3.63, 3.8) is 0 Å². The van der Waals surface area contributed by atoms with Gasteiger partial charge < -0.3 is 14.7 Å². The SMILES string of the molecule is CC(=O)c1ccc(N2CCN(C(=O)CCN3c4ccccc4Sc4ccccc43)CC2)c(F)c1. The zero-order chi connectivity index (χ0) is 23.7. The van der Waals surface area contributed by atoms with Gasteiger partial charge in [-0.05, 0) is 49.4 Å². The molecule has 2 heterocycles. The molecular weight excluding hydrogens is 449 g/mol. The van der Waals surface area contributed by atoms with Crippen molar-refractivity contribution in [2.75, 3.05) is 42.5 Å². The normalized spacial score (nSPS) is 15.1. The van der Waals surface area contributed by atoms with Crippen LogP contribution in [0.1, 0.15) is 23.7 Å². The highest BCUT2D eigenvalue weighted by atomic mass is 32.2. The molecule has 1 amide bonds. The van der Waals surface area contributed by atoms with Crippen molar-refractivity contribution in [3.05, 3.63) is 78.1 Å². The van der Waals surface area contributed by atoms with Crippen molar-refractivity contribution in [1.29, 1.82) is 0 Å². The molecule has 1 saturated heterocycles. The Morgan fingerprint density at radius 1 is 0.853 bits per heavy atom. The first-order valence-electron chi connectivity index (χ1n) is 11.5. The van der Waals surface area contributed by atoms with E-state index in [1.807, 2.05) is 34.1 Å². The van der Waals surface area contributed by atoms with E-state index in [4.69, 9.17) is 0 Å². The van der Waals surface area contributed by atoms with Gasteiger partial charge in [0, 0.05) is 54.5 Å². The molecule has 0 bridgehead atoms. The minimum Gasteiger partial charge on any atom is -0.366 e. The molecule has 0 atom stereocenters. The summed E-state index contributed by atoms with van der Waals surface area (Å²) in [6.45, 7) is 4.27. The van der Waals surface area contributed by atoms with E-state index in [1.165, 1.54) is 22.8 Å². The van der Waals surface area contributed by atoms with Crippen LogP contribution in [-0.4, -0.2) is 49.3 Å². The molecule has 0 aromatic heterocycles. The standard InChI is InChI=1S/C27H26FN3O2S/c1-19(32)20-10-11-22(21(28)18-20)29-14-16-30(17-15-29)27(33)12-13-31-23-6-2-4-8-25(23)34-26-9-5-3-7-24(26)31/h2-11,18H,12-17H2,1H3. The first-order valence-corrected chi connectivity index (χ1v) is 12.3. The molecule has 0 saturated carbocycles. The fourth-order valence-corrected chi connectivity index (χ4v) is 5.66. The van der Waals surface area contributed by atoms with Crippen molar-refractivity contribution in [1.82, 2.24) is 4.90 Å². The summed E-state index contributed by atoms with van der Waals surface area (Å²) in [4.78, 5) is 33.0. The number of piperazine rings is 1. The van der Waals surface area contributed by atoms with Gasteiger partial charge in [0.05, 0.1) is 17.1 Å². The van der Waals surface area contributed by atoms with Crippen LogP contribution < -0.4 is 9.80 Å². The van der Waals surface area contributed by atoms with Gasteiger partial charge in [-0.3, -0.25) is 9.59 Å². The number of anilines is 3. The first kappa shape index (κ1) is 22.5. The van der Waals surface area contributed by atoms with Crippen LogP contribution in [0.2, 0.25) is 0 Å². The summed E-state index contributed by atoms with van der Waals surface area (Å²) in [6, 6.07) is 21.2. The topological polar surface area (TPSA) is 43.9 Å². The Morgan fingerprint density at radius 2 is 1.47 bits per heavy atom. The second kappa shape index (κ2) is 9.50. The molecule has 2 aliphatic heterocycles. The third kappa shape index (κ3) is 4.40.